The average Bonchev–Trinajstić information content (AvgIpc) is 2.39. The lowest BCUT2D eigenvalue weighted by Gasteiger charge is -2.31. The van der Waals surface area contributed by atoms with Crippen molar-refractivity contribution in [3.8, 4) is 0 Å². The Morgan fingerprint density at radius 3 is 2.53 bits per heavy atom. The van der Waals surface area contributed by atoms with Gasteiger partial charge in [-0.1, -0.05) is 13.0 Å². The molecule has 1 unspecified atom stereocenters. The molecule has 0 aromatic heterocycles. The molecule has 0 aliphatic carbocycles. The Labute approximate surface area is 124 Å². The molecule has 0 heterocycles. The summed E-state index contributed by atoms with van der Waals surface area (Å²) >= 11 is 3.61. The molecule has 2 atom stereocenters. The summed E-state index contributed by atoms with van der Waals surface area (Å²) in [5.41, 5.74) is 2.07. The molecule has 0 radical (unpaired) electrons. The molecule has 0 fully saturated rings. The lowest BCUT2D eigenvalue weighted by atomic mass is 10.1. The summed E-state index contributed by atoms with van der Waals surface area (Å²) in [6.45, 7) is 7.74. The first-order valence-corrected chi connectivity index (χ1v) is 7.53. The fraction of sp³-hybridized carbons (Fsp3) is 0.600. The molecule has 0 saturated carbocycles. The zero-order chi connectivity index (χ0) is 14.4. The van der Waals surface area contributed by atoms with Gasteiger partial charge in [0.15, 0.2) is 0 Å². The van der Waals surface area contributed by atoms with Gasteiger partial charge in [-0.05, 0) is 53.9 Å². The second-order valence-corrected chi connectivity index (χ2v) is 5.68. The number of halogens is 1. The van der Waals surface area contributed by atoms with Gasteiger partial charge in [-0.25, -0.2) is 0 Å². The molecule has 1 N–H and O–H groups in total. The predicted molar refractivity (Wildman–Crippen MR) is 83.8 cm³/mol. The molecule has 1 aromatic rings. The second-order valence-electron chi connectivity index (χ2n) is 4.83. The first-order valence-electron chi connectivity index (χ1n) is 6.74. The molecule has 108 valence electrons. The van der Waals surface area contributed by atoms with Crippen molar-refractivity contribution < 1.29 is 9.84 Å². The maximum Gasteiger partial charge on any atom is 0.0762 e. The van der Waals surface area contributed by atoms with Gasteiger partial charge in [0.1, 0.15) is 0 Å². The van der Waals surface area contributed by atoms with Gasteiger partial charge in [0.25, 0.3) is 0 Å². The van der Waals surface area contributed by atoms with E-state index in [-0.39, 0.29) is 0 Å². The highest BCUT2D eigenvalue weighted by Crippen LogP contribution is 2.31. The maximum atomic E-state index is 9.62. The number of aliphatic hydroxyl groups is 1. The zero-order valence-corrected chi connectivity index (χ0v) is 13.8. The van der Waals surface area contributed by atoms with E-state index < -0.39 is 6.10 Å². The van der Waals surface area contributed by atoms with E-state index in [4.69, 9.17) is 4.74 Å². The Morgan fingerprint density at radius 2 is 2.05 bits per heavy atom. The van der Waals surface area contributed by atoms with Crippen LogP contribution in [0, 0.1) is 0 Å². The molecule has 1 aromatic carbocycles. The number of hydrogen-bond donors (Lipinski definition) is 1. The van der Waals surface area contributed by atoms with Crippen molar-refractivity contribution in [3.05, 3.63) is 28.2 Å². The predicted octanol–water partition coefficient (Wildman–Crippen LogP) is 3.75. The summed E-state index contributed by atoms with van der Waals surface area (Å²) in [6, 6.07) is 6.48. The van der Waals surface area contributed by atoms with Gasteiger partial charge >= 0.3 is 0 Å². The van der Waals surface area contributed by atoms with Crippen LogP contribution in [0.4, 0.5) is 5.69 Å². The normalized spacial score (nSPS) is 14.2. The lowest BCUT2D eigenvalue weighted by molar-refractivity contribution is 0.199. The Hall–Kier alpha value is -0.580. The minimum atomic E-state index is -0.443. The van der Waals surface area contributed by atoms with Crippen molar-refractivity contribution in [1.29, 1.82) is 0 Å². The van der Waals surface area contributed by atoms with Crippen molar-refractivity contribution in [1.82, 2.24) is 0 Å². The smallest absolute Gasteiger partial charge is 0.0762 e. The van der Waals surface area contributed by atoms with Gasteiger partial charge < -0.3 is 14.7 Å². The Morgan fingerprint density at radius 1 is 1.37 bits per heavy atom. The Balaban J connectivity index is 3.01. The summed E-state index contributed by atoms with van der Waals surface area (Å²) in [5.74, 6) is 0. The Kier molecular flexibility index (Phi) is 6.83. The number of benzene rings is 1. The molecule has 4 heteroatoms. The van der Waals surface area contributed by atoms with Crippen LogP contribution >= 0.6 is 15.9 Å². The van der Waals surface area contributed by atoms with Gasteiger partial charge in [0, 0.05) is 24.2 Å². The topological polar surface area (TPSA) is 32.7 Å². The third-order valence-electron chi connectivity index (χ3n) is 3.42. The molecule has 3 nitrogen and oxygen atoms in total. The van der Waals surface area contributed by atoms with Gasteiger partial charge in [0.05, 0.1) is 18.4 Å². The van der Waals surface area contributed by atoms with E-state index in [1.165, 1.54) is 0 Å². The van der Waals surface area contributed by atoms with Crippen molar-refractivity contribution in [2.45, 2.75) is 39.3 Å². The molecule has 0 saturated heterocycles. The van der Waals surface area contributed by atoms with Crippen LogP contribution in [0.2, 0.25) is 0 Å². The van der Waals surface area contributed by atoms with Crippen molar-refractivity contribution in [2.75, 3.05) is 25.2 Å². The highest BCUT2D eigenvalue weighted by Gasteiger charge is 2.16. The Bertz CT molecular complexity index is 396. The number of rotatable bonds is 7. The molecule has 0 amide bonds. The minimum absolute atomic E-state index is 0.443. The second kappa shape index (κ2) is 7.88. The first-order chi connectivity index (χ1) is 9.01. The lowest BCUT2D eigenvalue weighted by Crippen LogP contribution is -2.35. The van der Waals surface area contributed by atoms with Gasteiger partial charge in [0.2, 0.25) is 0 Å². The number of nitrogens with zero attached hydrogens (tertiary/aromatic N) is 1. The van der Waals surface area contributed by atoms with E-state index in [0.29, 0.717) is 12.6 Å². The number of anilines is 1. The number of aliphatic hydroxyl groups excluding tert-OH is 1. The van der Waals surface area contributed by atoms with E-state index in [0.717, 1.165) is 28.7 Å². The number of methoxy groups -OCH3 is 1. The van der Waals surface area contributed by atoms with Crippen LogP contribution in [0.3, 0.4) is 0 Å². The third-order valence-corrected chi connectivity index (χ3v) is 4.06. The van der Waals surface area contributed by atoms with Crippen LogP contribution in [-0.4, -0.2) is 31.4 Å². The summed E-state index contributed by atoms with van der Waals surface area (Å²) < 4.78 is 6.21. The molecule has 1 rings (SSSR count). The molecule has 0 bridgehead atoms. The standard InChI is InChI=1S/C15H24BrNO2/c1-5-11(2)17(8-9-19-4)15-7-6-13(12(3)18)10-14(15)16/h6-7,10-12,18H,5,8-9H2,1-4H3/t11?,12-/m1/s1. The molecular formula is C15H24BrNO2. The van der Waals surface area contributed by atoms with Crippen LogP contribution in [0.5, 0.6) is 0 Å². The van der Waals surface area contributed by atoms with Crippen LogP contribution in [0.15, 0.2) is 22.7 Å². The van der Waals surface area contributed by atoms with E-state index in [9.17, 15) is 5.11 Å². The summed E-state index contributed by atoms with van der Waals surface area (Å²) in [5, 5.41) is 9.62. The molecular weight excluding hydrogens is 306 g/mol. The quantitative estimate of drug-likeness (QED) is 0.826. The van der Waals surface area contributed by atoms with E-state index >= 15 is 0 Å². The summed E-state index contributed by atoms with van der Waals surface area (Å²) in [7, 11) is 1.72. The van der Waals surface area contributed by atoms with Crippen LogP contribution in [-0.2, 0) is 4.74 Å². The molecule has 0 spiro atoms. The van der Waals surface area contributed by atoms with Crippen molar-refractivity contribution in [2.24, 2.45) is 0 Å². The fourth-order valence-corrected chi connectivity index (χ4v) is 2.63. The molecule has 0 aliphatic rings. The maximum absolute atomic E-state index is 9.62. The van der Waals surface area contributed by atoms with Crippen molar-refractivity contribution >= 4 is 21.6 Å². The van der Waals surface area contributed by atoms with Crippen LogP contribution in [0.25, 0.3) is 0 Å². The van der Waals surface area contributed by atoms with Crippen molar-refractivity contribution in [3.63, 3.8) is 0 Å². The largest absolute Gasteiger partial charge is 0.389 e. The van der Waals surface area contributed by atoms with E-state index in [2.05, 4.69) is 40.7 Å². The highest BCUT2D eigenvalue weighted by molar-refractivity contribution is 9.10. The number of hydrogen-bond acceptors (Lipinski definition) is 3. The first kappa shape index (κ1) is 16.5. The van der Waals surface area contributed by atoms with Crippen LogP contribution < -0.4 is 4.90 Å². The highest BCUT2D eigenvalue weighted by atomic mass is 79.9. The van der Waals surface area contributed by atoms with Crippen LogP contribution in [0.1, 0.15) is 38.9 Å². The number of ether oxygens (including phenoxy) is 1. The zero-order valence-electron chi connectivity index (χ0n) is 12.2. The SMILES string of the molecule is CCC(C)N(CCOC)c1ccc([C@@H](C)O)cc1Br. The summed E-state index contributed by atoms with van der Waals surface area (Å²) in [4.78, 5) is 2.33. The monoisotopic (exact) mass is 329 g/mol. The molecule has 19 heavy (non-hydrogen) atoms. The van der Waals surface area contributed by atoms with Gasteiger partial charge in [-0.2, -0.15) is 0 Å². The fourth-order valence-electron chi connectivity index (χ4n) is 2.00. The summed E-state index contributed by atoms with van der Waals surface area (Å²) in [6.07, 6.45) is 0.635. The van der Waals surface area contributed by atoms with Gasteiger partial charge in [-0.3, -0.25) is 0 Å². The third kappa shape index (κ3) is 4.48. The molecule has 0 aliphatic heterocycles. The average molecular weight is 330 g/mol. The van der Waals surface area contributed by atoms with E-state index in [1.54, 1.807) is 14.0 Å². The minimum Gasteiger partial charge on any atom is -0.389 e. The van der Waals surface area contributed by atoms with Gasteiger partial charge in [-0.15, -0.1) is 0 Å². The van der Waals surface area contributed by atoms with E-state index in [1.807, 2.05) is 12.1 Å².